The van der Waals surface area contributed by atoms with Crippen LogP contribution in [0.3, 0.4) is 0 Å². The summed E-state index contributed by atoms with van der Waals surface area (Å²) in [6, 6.07) is 13.1. The fraction of sp³-hybridized carbons (Fsp3) is 0.200. The van der Waals surface area contributed by atoms with Gasteiger partial charge in [-0.1, -0.05) is 36.4 Å². The fourth-order valence-corrected chi connectivity index (χ4v) is 1.90. The first-order chi connectivity index (χ1) is 9.27. The minimum absolute atomic E-state index is 0.397. The van der Waals surface area contributed by atoms with Crippen LogP contribution in [0.2, 0.25) is 0 Å². The van der Waals surface area contributed by atoms with Gasteiger partial charge in [0.25, 0.3) is 0 Å². The molecule has 1 aromatic heterocycles. The SMILES string of the molecule is O=C(O)C(CNCc1cccnc1)c1ccccc1. The van der Waals surface area contributed by atoms with Crippen LogP contribution in [0.1, 0.15) is 17.0 Å². The number of aliphatic carboxylic acids is 1. The monoisotopic (exact) mass is 256 g/mol. The lowest BCUT2D eigenvalue weighted by atomic mass is 9.99. The highest BCUT2D eigenvalue weighted by Crippen LogP contribution is 2.14. The molecule has 0 aliphatic carbocycles. The molecule has 0 spiro atoms. The first kappa shape index (κ1) is 13.2. The first-order valence-corrected chi connectivity index (χ1v) is 6.15. The van der Waals surface area contributed by atoms with Crippen LogP contribution >= 0.6 is 0 Å². The van der Waals surface area contributed by atoms with Crippen LogP contribution < -0.4 is 5.32 Å². The molecule has 1 aromatic carbocycles. The van der Waals surface area contributed by atoms with E-state index >= 15 is 0 Å². The molecule has 98 valence electrons. The molecule has 1 heterocycles. The van der Waals surface area contributed by atoms with E-state index in [1.807, 2.05) is 42.5 Å². The Bertz CT molecular complexity index is 514. The van der Waals surface area contributed by atoms with Crippen molar-refractivity contribution >= 4 is 5.97 Å². The minimum Gasteiger partial charge on any atom is -0.481 e. The van der Waals surface area contributed by atoms with Crippen LogP contribution in [0.25, 0.3) is 0 Å². The Labute approximate surface area is 112 Å². The van der Waals surface area contributed by atoms with E-state index in [9.17, 15) is 9.90 Å². The molecule has 19 heavy (non-hydrogen) atoms. The highest BCUT2D eigenvalue weighted by molar-refractivity contribution is 5.76. The maximum Gasteiger partial charge on any atom is 0.312 e. The van der Waals surface area contributed by atoms with Crippen molar-refractivity contribution in [1.82, 2.24) is 10.3 Å². The van der Waals surface area contributed by atoms with E-state index in [2.05, 4.69) is 10.3 Å². The van der Waals surface area contributed by atoms with Gasteiger partial charge in [0.15, 0.2) is 0 Å². The van der Waals surface area contributed by atoms with Crippen molar-refractivity contribution in [1.29, 1.82) is 0 Å². The lowest BCUT2D eigenvalue weighted by Gasteiger charge is -2.13. The van der Waals surface area contributed by atoms with E-state index in [1.54, 1.807) is 12.4 Å². The van der Waals surface area contributed by atoms with Crippen LogP contribution in [0.5, 0.6) is 0 Å². The Hall–Kier alpha value is -2.20. The fourth-order valence-electron chi connectivity index (χ4n) is 1.90. The summed E-state index contributed by atoms with van der Waals surface area (Å²) < 4.78 is 0. The number of hydrogen-bond acceptors (Lipinski definition) is 3. The molecule has 2 rings (SSSR count). The molecule has 2 N–H and O–H groups in total. The number of nitrogens with zero attached hydrogens (tertiary/aromatic N) is 1. The Morgan fingerprint density at radius 3 is 2.63 bits per heavy atom. The van der Waals surface area contributed by atoms with Gasteiger partial charge in [0.05, 0.1) is 5.92 Å². The molecular formula is C15H16N2O2. The summed E-state index contributed by atoms with van der Waals surface area (Å²) in [4.78, 5) is 15.3. The van der Waals surface area contributed by atoms with Gasteiger partial charge in [-0.05, 0) is 17.2 Å². The number of benzene rings is 1. The van der Waals surface area contributed by atoms with E-state index in [4.69, 9.17) is 0 Å². The summed E-state index contributed by atoms with van der Waals surface area (Å²) in [5, 5.41) is 12.4. The quantitative estimate of drug-likeness (QED) is 0.830. The van der Waals surface area contributed by atoms with E-state index in [0.717, 1.165) is 11.1 Å². The summed E-state index contributed by atoms with van der Waals surface area (Å²) in [5.74, 6) is -1.34. The third-order valence-electron chi connectivity index (χ3n) is 2.90. The Morgan fingerprint density at radius 1 is 1.21 bits per heavy atom. The van der Waals surface area contributed by atoms with Crippen molar-refractivity contribution in [3.8, 4) is 0 Å². The van der Waals surface area contributed by atoms with Crippen LogP contribution in [-0.4, -0.2) is 22.6 Å². The van der Waals surface area contributed by atoms with Crippen molar-refractivity contribution in [2.75, 3.05) is 6.54 Å². The molecule has 0 amide bonds. The molecule has 0 aliphatic heterocycles. The second kappa shape index (κ2) is 6.66. The number of carbonyl (C=O) groups is 1. The van der Waals surface area contributed by atoms with E-state index in [0.29, 0.717) is 13.1 Å². The maximum atomic E-state index is 11.3. The number of nitrogens with one attached hydrogen (secondary N) is 1. The first-order valence-electron chi connectivity index (χ1n) is 6.15. The van der Waals surface area contributed by atoms with Gasteiger partial charge in [-0.15, -0.1) is 0 Å². The number of hydrogen-bond donors (Lipinski definition) is 2. The largest absolute Gasteiger partial charge is 0.481 e. The average molecular weight is 256 g/mol. The number of rotatable bonds is 6. The molecular weight excluding hydrogens is 240 g/mol. The zero-order valence-corrected chi connectivity index (χ0v) is 10.5. The van der Waals surface area contributed by atoms with E-state index in [1.165, 1.54) is 0 Å². The predicted molar refractivity (Wildman–Crippen MR) is 72.8 cm³/mol. The van der Waals surface area contributed by atoms with Gasteiger partial charge in [0.1, 0.15) is 0 Å². The topological polar surface area (TPSA) is 62.2 Å². The molecule has 0 saturated carbocycles. The Kier molecular flexibility index (Phi) is 4.64. The summed E-state index contributed by atoms with van der Waals surface area (Å²) in [6.45, 7) is 1.01. The zero-order valence-electron chi connectivity index (χ0n) is 10.5. The zero-order chi connectivity index (χ0) is 13.5. The second-order valence-electron chi connectivity index (χ2n) is 4.29. The summed E-state index contributed by atoms with van der Waals surface area (Å²) >= 11 is 0. The van der Waals surface area contributed by atoms with Gasteiger partial charge < -0.3 is 10.4 Å². The summed E-state index contributed by atoms with van der Waals surface area (Å²) in [5.41, 5.74) is 1.85. The van der Waals surface area contributed by atoms with Gasteiger partial charge in [-0.2, -0.15) is 0 Å². The van der Waals surface area contributed by atoms with Crippen LogP contribution in [0.4, 0.5) is 0 Å². The molecule has 4 heteroatoms. The number of carboxylic acids is 1. The second-order valence-corrected chi connectivity index (χ2v) is 4.29. The summed E-state index contributed by atoms with van der Waals surface area (Å²) in [7, 11) is 0. The van der Waals surface area contributed by atoms with Gasteiger partial charge in [0, 0.05) is 25.5 Å². The molecule has 0 saturated heterocycles. The van der Waals surface area contributed by atoms with Crippen molar-refractivity contribution in [2.24, 2.45) is 0 Å². The lowest BCUT2D eigenvalue weighted by molar-refractivity contribution is -0.138. The average Bonchev–Trinajstić information content (AvgIpc) is 2.45. The third kappa shape index (κ3) is 3.89. The van der Waals surface area contributed by atoms with Gasteiger partial charge in [-0.3, -0.25) is 9.78 Å². The van der Waals surface area contributed by atoms with Crippen LogP contribution in [-0.2, 0) is 11.3 Å². The smallest absolute Gasteiger partial charge is 0.312 e. The van der Waals surface area contributed by atoms with Crippen molar-refractivity contribution in [2.45, 2.75) is 12.5 Å². The number of pyridine rings is 1. The predicted octanol–water partition coefficient (Wildman–Crippen LogP) is 2.04. The number of carboxylic acid groups (broad SMARTS) is 1. The van der Waals surface area contributed by atoms with E-state index < -0.39 is 11.9 Å². The standard InChI is InChI=1S/C15H16N2O2/c18-15(19)14(13-6-2-1-3-7-13)11-17-10-12-5-4-8-16-9-12/h1-9,14,17H,10-11H2,(H,18,19). The van der Waals surface area contributed by atoms with Crippen LogP contribution in [0, 0.1) is 0 Å². The maximum absolute atomic E-state index is 11.3. The highest BCUT2D eigenvalue weighted by atomic mass is 16.4. The molecule has 2 aromatic rings. The minimum atomic E-state index is -0.815. The lowest BCUT2D eigenvalue weighted by Crippen LogP contribution is -2.26. The van der Waals surface area contributed by atoms with Gasteiger partial charge >= 0.3 is 5.97 Å². The van der Waals surface area contributed by atoms with Crippen LogP contribution in [0.15, 0.2) is 54.9 Å². The normalized spacial score (nSPS) is 12.0. The van der Waals surface area contributed by atoms with E-state index in [-0.39, 0.29) is 0 Å². The van der Waals surface area contributed by atoms with Crippen molar-refractivity contribution < 1.29 is 9.90 Å². The summed E-state index contributed by atoms with van der Waals surface area (Å²) in [6.07, 6.45) is 3.48. The molecule has 0 fully saturated rings. The number of aromatic nitrogens is 1. The molecule has 1 unspecified atom stereocenters. The van der Waals surface area contributed by atoms with Gasteiger partial charge in [-0.25, -0.2) is 0 Å². The molecule has 0 radical (unpaired) electrons. The molecule has 0 bridgehead atoms. The third-order valence-corrected chi connectivity index (χ3v) is 2.90. The molecule has 1 atom stereocenters. The molecule has 4 nitrogen and oxygen atoms in total. The van der Waals surface area contributed by atoms with Crippen molar-refractivity contribution in [3.63, 3.8) is 0 Å². The van der Waals surface area contributed by atoms with Gasteiger partial charge in [0.2, 0.25) is 0 Å². The molecule has 0 aliphatic rings. The highest BCUT2D eigenvalue weighted by Gasteiger charge is 2.18. The Morgan fingerprint density at radius 2 is 2.00 bits per heavy atom. The Balaban J connectivity index is 1.94. The van der Waals surface area contributed by atoms with Crippen molar-refractivity contribution in [3.05, 3.63) is 66.0 Å².